The van der Waals surface area contributed by atoms with Crippen LogP contribution in [0.15, 0.2) is 43.2 Å². The molecule has 184 valence electrons. The number of nitriles is 1. The average Bonchev–Trinajstić information content (AvgIpc) is 3.32. The highest BCUT2D eigenvalue weighted by atomic mass is 16.3. The molecule has 0 aliphatic carbocycles. The average molecular weight is 488 g/mol. The van der Waals surface area contributed by atoms with Crippen molar-refractivity contribution < 1.29 is 14.7 Å². The molecule has 0 spiro atoms. The monoisotopic (exact) mass is 487 g/mol. The minimum Gasteiger partial charge on any atom is -0.483 e. The molecule has 0 saturated carbocycles. The van der Waals surface area contributed by atoms with Gasteiger partial charge in [-0.1, -0.05) is 6.58 Å². The second-order valence-electron chi connectivity index (χ2n) is 8.23. The molecule has 36 heavy (non-hydrogen) atoms. The van der Waals surface area contributed by atoms with Crippen LogP contribution in [0.2, 0.25) is 0 Å². The Balaban J connectivity index is 0.000000967. The second kappa shape index (κ2) is 11.1. The van der Waals surface area contributed by atoms with E-state index in [0.717, 1.165) is 61.4 Å². The SMILES string of the molecule is C=CC(=O)Nc1ccc2c(N3CC[C@@H](Nc4ncc(C#N)cn4)C3)nnc(N3CCC3)c2c1.O=CO. The molecule has 12 heteroatoms. The lowest BCUT2D eigenvalue weighted by Gasteiger charge is -2.33. The maximum Gasteiger partial charge on any atom is 0.290 e. The molecule has 4 heterocycles. The summed E-state index contributed by atoms with van der Waals surface area (Å²) in [4.78, 5) is 33.0. The van der Waals surface area contributed by atoms with Gasteiger partial charge in [-0.2, -0.15) is 5.26 Å². The number of fused-ring (bicyclic) bond motifs is 1. The molecule has 0 unspecified atom stereocenters. The molecule has 1 atom stereocenters. The number of aromatic nitrogens is 4. The number of carbonyl (C=O) groups is 2. The Morgan fingerprint density at radius 2 is 1.83 bits per heavy atom. The fourth-order valence-corrected chi connectivity index (χ4v) is 4.11. The number of amides is 1. The van der Waals surface area contributed by atoms with Crippen LogP contribution < -0.4 is 20.4 Å². The highest BCUT2D eigenvalue weighted by Crippen LogP contribution is 2.35. The summed E-state index contributed by atoms with van der Waals surface area (Å²) in [6, 6.07) is 8.00. The predicted molar refractivity (Wildman–Crippen MR) is 135 cm³/mol. The van der Waals surface area contributed by atoms with Gasteiger partial charge in [-0.15, -0.1) is 10.2 Å². The molecule has 3 aromatic rings. The Bertz CT molecular complexity index is 1300. The summed E-state index contributed by atoms with van der Waals surface area (Å²) < 4.78 is 0. The summed E-state index contributed by atoms with van der Waals surface area (Å²) in [6.45, 7) is 6.72. The molecule has 2 aliphatic rings. The summed E-state index contributed by atoms with van der Waals surface area (Å²) >= 11 is 0. The van der Waals surface area contributed by atoms with E-state index < -0.39 is 0 Å². The highest BCUT2D eigenvalue weighted by Gasteiger charge is 2.28. The number of anilines is 4. The minimum absolute atomic E-state index is 0.149. The Kier molecular flexibility index (Phi) is 7.50. The van der Waals surface area contributed by atoms with E-state index in [1.807, 2.05) is 24.3 Å². The molecular weight excluding hydrogens is 462 g/mol. The van der Waals surface area contributed by atoms with Crippen LogP contribution in [0.5, 0.6) is 0 Å². The van der Waals surface area contributed by atoms with Gasteiger partial charge in [-0.05, 0) is 37.1 Å². The lowest BCUT2D eigenvalue weighted by Crippen LogP contribution is -2.38. The molecule has 12 nitrogen and oxygen atoms in total. The van der Waals surface area contributed by atoms with Crippen LogP contribution >= 0.6 is 0 Å². The Morgan fingerprint density at radius 3 is 2.44 bits per heavy atom. The fraction of sp³-hybridized carbons (Fsp3) is 0.292. The number of hydrogen-bond acceptors (Lipinski definition) is 10. The van der Waals surface area contributed by atoms with Crippen molar-refractivity contribution in [2.24, 2.45) is 0 Å². The first-order valence-corrected chi connectivity index (χ1v) is 11.4. The van der Waals surface area contributed by atoms with Gasteiger partial charge in [0.05, 0.1) is 18.0 Å². The highest BCUT2D eigenvalue weighted by molar-refractivity contribution is 6.04. The molecular formula is C24H25N9O3. The topological polar surface area (TPSA) is 160 Å². The van der Waals surface area contributed by atoms with Crippen molar-refractivity contribution >= 4 is 46.4 Å². The zero-order valence-corrected chi connectivity index (χ0v) is 19.5. The number of benzene rings is 1. The van der Waals surface area contributed by atoms with Gasteiger partial charge in [-0.25, -0.2) is 9.97 Å². The molecule has 3 N–H and O–H groups in total. The van der Waals surface area contributed by atoms with Crippen molar-refractivity contribution in [2.75, 3.05) is 46.6 Å². The fourth-order valence-electron chi connectivity index (χ4n) is 4.11. The zero-order chi connectivity index (χ0) is 25.5. The lowest BCUT2D eigenvalue weighted by atomic mass is 10.1. The van der Waals surface area contributed by atoms with Crippen molar-refractivity contribution in [3.8, 4) is 6.07 Å². The smallest absolute Gasteiger partial charge is 0.290 e. The summed E-state index contributed by atoms with van der Waals surface area (Å²) in [5, 5.41) is 33.1. The number of nitrogens with one attached hydrogen (secondary N) is 2. The van der Waals surface area contributed by atoms with Gasteiger partial charge >= 0.3 is 0 Å². The van der Waals surface area contributed by atoms with Crippen molar-refractivity contribution in [3.05, 3.63) is 48.8 Å². The van der Waals surface area contributed by atoms with Crippen molar-refractivity contribution in [3.63, 3.8) is 0 Å². The lowest BCUT2D eigenvalue weighted by molar-refractivity contribution is -0.122. The van der Waals surface area contributed by atoms with Gasteiger partial charge in [0, 0.05) is 48.7 Å². The largest absolute Gasteiger partial charge is 0.483 e. The summed E-state index contributed by atoms with van der Waals surface area (Å²) in [7, 11) is 0. The maximum atomic E-state index is 11.8. The molecule has 0 bridgehead atoms. The van der Waals surface area contributed by atoms with Crippen molar-refractivity contribution in [1.82, 2.24) is 20.2 Å². The maximum absolute atomic E-state index is 11.8. The van der Waals surface area contributed by atoms with E-state index in [-0.39, 0.29) is 18.4 Å². The molecule has 1 aromatic carbocycles. The number of nitrogens with zero attached hydrogens (tertiary/aromatic N) is 7. The van der Waals surface area contributed by atoms with Gasteiger partial charge in [-0.3, -0.25) is 9.59 Å². The normalized spacial score (nSPS) is 16.2. The Morgan fingerprint density at radius 1 is 1.14 bits per heavy atom. The van der Waals surface area contributed by atoms with Gasteiger partial charge in [0.15, 0.2) is 11.6 Å². The predicted octanol–water partition coefficient (Wildman–Crippen LogP) is 2.02. The number of carboxylic acid groups (broad SMARTS) is 1. The van der Waals surface area contributed by atoms with E-state index in [1.165, 1.54) is 18.5 Å². The zero-order valence-electron chi connectivity index (χ0n) is 19.5. The second-order valence-corrected chi connectivity index (χ2v) is 8.23. The van der Waals surface area contributed by atoms with Gasteiger partial charge in [0.25, 0.3) is 6.47 Å². The van der Waals surface area contributed by atoms with E-state index in [0.29, 0.717) is 17.2 Å². The van der Waals surface area contributed by atoms with E-state index in [4.69, 9.17) is 15.2 Å². The van der Waals surface area contributed by atoms with E-state index >= 15 is 0 Å². The van der Waals surface area contributed by atoms with E-state index in [2.05, 4.69) is 47.2 Å². The summed E-state index contributed by atoms with van der Waals surface area (Å²) in [6.07, 6.45) is 6.31. The molecule has 0 radical (unpaired) electrons. The molecule has 2 saturated heterocycles. The summed E-state index contributed by atoms with van der Waals surface area (Å²) in [5.41, 5.74) is 1.13. The number of rotatable bonds is 6. The van der Waals surface area contributed by atoms with Crippen LogP contribution in [-0.2, 0) is 9.59 Å². The first kappa shape index (κ1) is 24.3. The van der Waals surface area contributed by atoms with Gasteiger partial charge < -0.3 is 25.5 Å². The van der Waals surface area contributed by atoms with Gasteiger partial charge in [0.2, 0.25) is 11.9 Å². The standard InChI is InChI=1S/C23H23N9O.CH2O2/c1-2-20(33)27-16-4-5-18-19(10-16)22(31-7-3-8-31)30-29-21(18)32-9-6-17(14-32)28-23-25-12-15(11-24)13-26-23;2-1-3/h2,4-5,10,12-13,17H,1,3,6-9,14H2,(H,27,33)(H,25,26,28);1H,(H,2,3)/t17-;/m1./s1. The first-order valence-electron chi connectivity index (χ1n) is 11.4. The van der Waals surface area contributed by atoms with Gasteiger partial charge in [0.1, 0.15) is 6.07 Å². The first-order chi connectivity index (χ1) is 17.6. The molecule has 2 fully saturated rings. The third-order valence-corrected chi connectivity index (χ3v) is 5.95. The van der Waals surface area contributed by atoms with Crippen LogP contribution in [0, 0.1) is 11.3 Å². The van der Waals surface area contributed by atoms with Crippen molar-refractivity contribution in [2.45, 2.75) is 18.9 Å². The van der Waals surface area contributed by atoms with E-state index in [1.54, 1.807) is 0 Å². The van der Waals surface area contributed by atoms with E-state index in [9.17, 15) is 4.79 Å². The Hall–Kier alpha value is -4.79. The number of hydrogen-bond donors (Lipinski definition) is 3. The molecule has 2 aromatic heterocycles. The minimum atomic E-state index is -0.250. The van der Waals surface area contributed by atoms with Crippen LogP contribution in [0.3, 0.4) is 0 Å². The van der Waals surface area contributed by atoms with Crippen LogP contribution in [0.1, 0.15) is 18.4 Å². The van der Waals surface area contributed by atoms with Crippen LogP contribution in [0.4, 0.5) is 23.3 Å². The van der Waals surface area contributed by atoms with Crippen LogP contribution in [0.25, 0.3) is 10.8 Å². The third kappa shape index (κ3) is 5.30. The number of carbonyl (C=O) groups excluding carboxylic acids is 1. The van der Waals surface area contributed by atoms with Crippen LogP contribution in [-0.4, -0.2) is 69.9 Å². The molecule has 1 amide bonds. The molecule has 2 aliphatic heterocycles. The molecule has 5 rings (SSSR count). The quantitative estimate of drug-likeness (QED) is 0.345. The summed E-state index contributed by atoms with van der Waals surface area (Å²) in [5.74, 6) is 1.92. The Labute approximate surface area is 207 Å². The third-order valence-electron chi connectivity index (χ3n) is 5.95. The van der Waals surface area contributed by atoms with Crippen molar-refractivity contribution in [1.29, 1.82) is 5.26 Å².